The van der Waals surface area contributed by atoms with Gasteiger partial charge in [-0.2, -0.15) is 0 Å². The fourth-order valence-corrected chi connectivity index (χ4v) is 3.59. The lowest BCUT2D eigenvalue weighted by atomic mass is 9.87. The largest absolute Gasteiger partial charge is 0.497 e. The van der Waals surface area contributed by atoms with Gasteiger partial charge >= 0.3 is 0 Å². The number of carbonyl (C=O) groups excluding carboxylic acids is 2. The van der Waals surface area contributed by atoms with Crippen LogP contribution < -0.4 is 14.8 Å². The number of carbonyl (C=O) groups is 2. The molecule has 0 unspecified atom stereocenters. The molecule has 1 heterocycles. The van der Waals surface area contributed by atoms with Crippen molar-refractivity contribution in [2.45, 2.75) is 46.1 Å². The number of likely N-dealkylation sites (tertiary alicyclic amines) is 1. The Morgan fingerprint density at radius 1 is 1.15 bits per heavy atom. The Labute approximate surface area is 162 Å². The number of methoxy groups -OCH3 is 2. The van der Waals surface area contributed by atoms with Crippen molar-refractivity contribution >= 4 is 11.8 Å². The van der Waals surface area contributed by atoms with Crippen LogP contribution in [0.4, 0.5) is 0 Å². The molecule has 27 heavy (non-hydrogen) atoms. The van der Waals surface area contributed by atoms with Gasteiger partial charge < -0.3 is 19.7 Å². The highest BCUT2D eigenvalue weighted by molar-refractivity contribution is 5.83. The minimum atomic E-state index is -0.315. The molecule has 0 bridgehead atoms. The molecule has 1 aromatic rings. The van der Waals surface area contributed by atoms with Crippen molar-refractivity contribution in [2.75, 3.05) is 27.3 Å². The van der Waals surface area contributed by atoms with Crippen LogP contribution in [0.2, 0.25) is 0 Å². The Morgan fingerprint density at radius 2 is 1.85 bits per heavy atom. The molecular formula is C21H32N2O4. The number of benzene rings is 1. The molecule has 0 aromatic heterocycles. The second-order valence-electron chi connectivity index (χ2n) is 7.88. The second kappa shape index (κ2) is 9.11. The third-order valence-corrected chi connectivity index (χ3v) is 4.86. The van der Waals surface area contributed by atoms with Gasteiger partial charge in [-0.15, -0.1) is 0 Å². The van der Waals surface area contributed by atoms with Crippen molar-refractivity contribution in [3.63, 3.8) is 0 Å². The molecule has 1 fully saturated rings. The van der Waals surface area contributed by atoms with Crippen LogP contribution in [0.5, 0.6) is 11.5 Å². The van der Waals surface area contributed by atoms with Crippen molar-refractivity contribution < 1.29 is 19.1 Å². The Kier molecular flexibility index (Phi) is 7.11. The zero-order valence-corrected chi connectivity index (χ0v) is 17.2. The monoisotopic (exact) mass is 376 g/mol. The normalized spacial score (nSPS) is 19.5. The summed E-state index contributed by atoms with van der Waals surface area (Å²) in [6.45, 7) is 8.87. The zero-order valence-electron chi connectivity index (χ0n) is 17.2. The smallest absolute Gasteiger partial charge is 0.225 e. The Morgan fingerprint density at radius 3 is 2.41 bits per heavy atom. The molecular weight excluding hydrogens is 344 g/mol. The summed E-state index contributed by atoms with van der Waals surface area (Å²) in [4.78, 5) is 27.3. The van der Waals surface area contributed by atoms with E-state index in [9.17, 15) is 9.59 Å². The number of hydrogen-bond donors (Lipinski definition) is 1. The Bertz CT molecular complexity index is 672. The van der Waals surface area contributed by atoms with Gasteiger partial charge in [0.2, 0.25) is 11.8 Å². The minimum Gasteiger partial charge on any atom is -0.497 e. The van der Waals surface area contributed by atoms with Crippen LogP contribution in [0.25, 0.3) is 0 Å². The first-order chi connectivity index (χ1) is 12.8. The molecule has 6 heteroatoms. The summed E-state index contributed by atoms with van der Waals surface area (Å²) in [5, 5.41) is 3.00. The fraction of sp³-hybridized carbons (Fsp3) is 0.619. The van der Waals surface area contributed by atoms with Gasteiger partial charge in [0.25, 0.3) is 0 Å². The number of rotatable bonds is 7. The predicted molar refractivity (Wildman–Crippen MR) is 105 cm³/mol. The van der Waals surface area contributed by atoms with Gasteiger partial charge in [0.05, 0.1) is 20.1 Å². The van der Waals surface area contributed by atoms with Crippen LogP contribution >= 0.6 is 0 Å². The van der Waals surface area contributed by atoms with Gasteiger partial charge in [-0.1, -0.05) is 13.8 Å². The standard InChI is InChI=1S/C21H32N2O4/c1-13(2)9-20(24)23-11-17(18(12-23)21(25)22-14(3)4)16-10-15(26-5)7-8-19(16)27-6/h7-8,10,13-14,17-18H,9,11-12H2,1-6H3,(H,22,25)/t17-,18+/m1/s1. The van der Waals surface area contributed by atoms with Crippen LogP contribution in [0.1, 0.15) is 45.6 Å². The summed E-state index contributed by atoms with van der Waals surface area (Å²) in [5.41, 5.74) is 0.903. The molecule has 150 valence electrons. The third kappa shape index (κ3) is 5.15. The number of hydrogen-bond acceptors (Lipinski definition) is 4. The first kappa shape index (κ1) is 21.1. The molecule has 2 rings (SSSR count). The third-order valence-electron chi connectivity index (χ3n) is 4.86. The summed E-state index contributed by atoms with van der Waals surface area (Å²) in [7, 11) is 3.23. The average Bonchev–Trinajstić information content (AvgIpc) is 3.05. The molecule has 0 radical (unpaired) electrons. The topological polar surface area (TPSA) is 67.9 Å². The summed E-state index contributed by atoms with van der Waals surface area (Å²) in [5.74, 6) is 1.32. The van der Waals surface area contributed by atoms with Gasteiger partial charge in [0.1, 0.15) is 11.5 Å². The molecule has 1 aliphatic heterocycles. The van der Waals surface area contributed by atoms with Gasteiger partial charge in [0, 0.05) is 37.0 Å². The van der Waals surface area contributed by atoms with E-state index in [1.54, 1.807) is 14.2 Å². The van der Waals surface area contributed by atoms with Gasteiger partial charge in [-0.25, -0.2) is 0 Å². The quantitative estimate of drug-likeness (QED) is 0.795. The molecule has 2 atom stereocenters. The molecule has 1 saturated heterocycles. The summed E-state index contributed by atoms with van der Waals surface area (Å²) >= 11 is 0. The molecule has 0 saturated carbocycles. The fourth-order valence-electron chi connectivity index (χ4n) is 3.59. The Balaban J connectivity index is 2.37. The minimum absolute atomic E-state index is 0.0280. The van der Waals surface area contributed by atoms with E-state index in [0.717, 1.165) is 5.56 Å². The SMILES string of the molecule is COc1ccc(OC)c([C@H]2CN(C(=O)CC(C)C)C[C@@H]2C(=O)NC(C)C)c1. The van der Waals surface area contributed by atoms with Gasteiger partial charge in [-0.3, -0.25) is 9.59 Å². The van der Waals surface area contributed by atoms with Crippen molar-refractivity contribution in [2.24, 2.45) is 11.8 Å². The highest BCUT2D eigenvalue weighted by atomic mass is 16.5. The van der Waals surface area contributed by atoms with Crippen molar-refractivity contribution in [1.82, 2.24) is 10.2 Å². The Hall–Kier alpha value is -2.24. The number of nitrogens with zero attached hydrogens (tertiary/aromatic N) is 1. The molecule has 1 N–H and O–H groups in total. The zero-order chi connectivity index (χ0) is 20.1. The maximum Gasteiger partial charge on any atom is 0.225 e. The number of ether oxygens (including phenoxy) is 2. The van der Waals surface area contributed by atoms with E-state index in [1.165, 1.54) is 0 Å². The first-order valence-corrected chi connectivity index (χ1v) is 9.56. The lowest BCUT2D eigenvalue weighted by molar-refractivity contribution is -0.131. The van der Waals surface area contributed by atoms with Crippen LogP contribution in [0.15, 0.2) is 18.2 Å². The lowest BCUT2D eigenvalue weighted by Crippen LogP contribution is -2.39. The van der Waals surface area contributed by atoms with E-state index in [2.05, 4.69) is 5.32 Å². The van der Waals surface area contributed by atoms with Gasteiger partial charge in [0.15, 0.2) is 0 Å². The van der Waals surface area contributed by atoms with E-state index in [1.807, 2.05) is 50.8 Å². The van der Waals surface area contributed by atoms with Crippen LogP contribution in [-0.4, -0.2) is 50.1 Å². The summed E-state index contributed by atoms with van der Waals surface area (Å²) < 4.78 is 10.9. The maximum atomic E-state index is 12.9. The van der Waals surface area contributed by atoms with Crippen molar-refractivity contribution in [3.05, 3.63) is 23.8 Å². The van der Waals surface area contributed by atoms with E-state index >= 15 is 0 Å². The van der Waals surface area contributed by atoms with Crippen LogP contribution in [-0.2, 0) is 9.59 Å². The molecule has 6 nitrogen and oxygen atoms in total. The van der Waals surface area contributed by atoms with Crippen LogP contribution in [0, 0.1) is 11.8 Å². The van der Waals surface area contributed by atoms with E-state index < -0.39 is 0 Å². The highest BCUT2D eigenvalue weighted by Gasteiger charge is 2.41. The maximum absolute atomic E-state index is 12.9. The first-order valence-electron chi connectivity index (χ1n) is 9.56. The van der Waals surface area contributed by atoms with E-state index in [-0.39, 0.29) is 35.6 Å². The van der Waals surface area contributed by atoms with E-state index in [4.69, 9.17) is 9.47 Å². The summed E-state index contributed by atoms with van der Waals surface area (Å²) in [6.07, 6.45) is 0.487. The molecule has 2 amide bonds. The van der Waals surface area contributed by atoms with E-state index in [0.29, 0.717) is 31.0 Å². The lowest BCUT2D eigenvalue weighted by Gasteiger charge is -2.22. The average molecular weight is 376 g/mol. The molecule has 1 aliphatic rings. The molecule has 0 spiro atoms. The van der Waals surface area contributed by atoms with Gasteiger partial charge in [-0.05, 0) is 38.0 Å². The second-order valence-corrected chi connectivity index (χ2v) is 7.88. The predicted octanol–water partition coefficient (Wildman–Crippen LogP) is 2.82. The molecule has 0 aliphatic carbocycles. The van der Waals surface area contributed by atoms with Crippen molar-refractivity contribution in [1.29, 1.82) is 0 Å². The number of nitrogens with one attached hydrogen (secondary N) is 1. The summed E-state index contributed by atoms with van der Waals surface area (Å²) in [6, 6.07) is 5.65. The van der Waals surface area contributed by atoms with Crippen LogP contribution in [0.3, 0.4) is 0 Å². The number of amides is 2. The highest BCUT2D eigenvalue weighted by Crippen LogP contribution is 2.39. The van der Waals surface area contributed by atoms with Crippen molar-refractivity contribution in [3.8, 4) is 11.5 Å². The molecule has 1 aromatic carbocycles.